The van der Waals surface area contributed by atoms with Crippen LogP contribution in [-0.2, 0) is 7.05 Å². The first-order chi connectivity index (χ1) is 12.6. The van der Waals surface area contributed by atoms with Crippen LogP contribution in [-0.4, -0.2) is 25.8 Å². The highest BCUT2D eigenvalue weighted by Crippen LogP contribution is 2.49. The van der Waals surface area contributed by atoms with E-state index in [2.05, 4.69) is 47.4 Å². The first-order valence-electron chi connectivity index (χ1n) is 9.67. The molecule has 2 aromatic heterocycles. The molecule has 0 aliphatic heterocycles. The molecule has 2 atom stereocenters. The lowest BCUT2D eigenvalue weighted by Crippen LogP contribution is -2.41. The quantitative estimate of drug-likeness (QED) is 0.762. The Morgan fingerprint density at radius 1 is 1.15 bits per heavy atom. The third kappa shape index (κ3) is 2.41. The van der Waals surface area contributed by atoms with Gasteiger partial charge < -0.3 is 5.32 Å². The summed E-state index contributed by atoms with van der Waals surface area (Å²) in [6, 6.07) is 9.00. The number of hydrogen-bond donors (Lipinski definition) is 1. The summed E-state index contributed by atoms with van der Waals surface area (Å²) in [5.41, 5.74) is 4.39. The molecule has 26 heavy (non-hydrogen) atoms. The van der Waals surface area contributed by atoms with Crippen molar-refractivity contribution in [2.24, 2.45) is 18.9 Å². The maximum Gasteiger partial charge on any atom is 0.223 e. The van der Waals surface area contributed by atoms with Crippen molar-refractivity contribution in [2.45, 2.75) is 45.1 Å². The van der Waals surface area contributed by atoms with E-state index in [4.69, 9.17) is 4.98 Å². The van der Waals surface area contributed by atoms with E-state index in [1.165, 1.54) is 30.3 Å². The number of nitrogens with zero attached hydrogens (tertiary/aromatic N) is 4. The minimum absolute atomic E-state index is 0.428. The van der Waals surface area contributed by atoms with E-state index in [0.717, 1.165) is 34.6 Å². The zero-order chi connectivity index (χ0) is 17.8. The molecule has 6 rings (SSSR count). The molecule has 1 N–H and O–H groups in total. The van der Waals surface area contributed by atoms with Gasteiger partial charge in [0, 0.05) is 35.9 Å². The second-order valence-corrected chi connectivity index (χ2v) is 8.16. The molecule has 0 unspecified atom stereocenters. The van der Waals surface area contributed by atoms with Crippen LogP contribution in [0.4, 0.5) is 5.95 Å². The number of aryl methyl sites for hydroxylation is 1. The molecule has 5 heteroatoms. The Morgan fingerprint density at radius 2 is 1.96 bits per heavy atom. The lowest BCUT2D eigenvalue weighted by molar-refractivity contribution is 0.261. The first-order valence-corrected chi connectivity index (χ1v) is 9.67. The molecule has 5 nitrogen and oxygen atoms in total. The molecular weight excluding hydrogens is 322 g/mol. The van der Waals surface area contributed by atoms with E-state index in [1.807, 2.05) is 24.0 Å². The van der Waals surface area contributed by atoms with Crippen LogP contribution in [0.1, 0.15) is 44.7 Å². The fourth-order valence-electron chi connectivity index (χ4n) is 4.93. The van der Waals surface area contributed by atoms with Crippen LogP contribution in [0, 0.1) is 11.8 Å². The van der Waals surface area contributed by atoms with Crippen LogP contribution in [0.3, 0.4) is 0 Å². The normalized spacial score (nSPS) is 24.2. The second-order valence-electron chi connectivity index (χ2n) is 8.16. The number of hydrogen-bond acceptors (Lipinski definition) is 4. The molecule has 1 aromatic carbocycles. The number of anilines is 1. The maximum absolute atomic E-state index is 4.80. The van der Waals surface area contributed by atoms with Crippen molar-refractivity contribution in [1.29, 1.82) is 0 Å². The largest absolute Gasteiger partial charge is 0.351 e. The van der Waals surface area contributed by atoms with Crippen molar-refractivity contribution in [3.8, 4) is 11.3 Å². The molecule has 0 amide bonds. The van der Waals surface area contributed by atoms with Crippen LogP contribution < -0.4 is 5.32 Å². The molecule has 2 heterocycles. The van der Waals surface area contributed by atoms with Crippen LogP contribution in [0.2, 0.25) is 0 Å². The predicted octanol–water partition coefficient (Wildman–Crippen LogP) is 4.36. The number of nitrogens with one attached hydrogen (secondary N) is 1. The van der Waals surface area contributed by atoms with Gasteiger partial charge in [0.1, 0.15) is 0 Å². The number of aromatic nitrogens is 4. The van der Waals surface area contributed by atoms with E-state index < -0.39 is 0 Å². The third-order valence-electron chi connectivity index (χ3n) is 6.20. The Kier molecular flexibility index (Phi) is 3.52. The zero-order valence-electron chi connectivity index (χ0n) is 15.6. The molecule has 0 saturated heterocycles. The van der Waals surface area contributed by atoms with Gasteiger partial charge in [-0.3, -0.25) is 4.68 Å². The van der Waals surface area contributed by atoms with Gasteiger partial charge in [-0.15, -0.1) is 0 Å². The SMILES string of the molecule is CC(C)c1c2cc(-c3ccnc(NC4[C@@H]5CC[C@@H]4C5)n3)ccc2nn1C. The molecule has 2 bridgehead atoms. The topological polar surface area (TPSA) is 55.6 Å². The van der Waals surface area contributed by atoms with Crippen LogP contribution in [0.5, 0.6) is 0 Å². The summed E-state index contributed by atoms with van der Waals surface area (Å²) in [5.74, 6) is 2.84. The molecule has 0 spiro atoms. The van der Waals surface area contributed by atoms with Gasteiger partial charge in [-0.25, -0.2) is 9.97 Å². The molecule has 3 saturated carbocycles. The smallest absolute Gasteiger partial charge is 0.223 e. The molecule has 3 aliphatic rings. The molecule has 3 aromatic rings. The van der Waals surface area contributed by atoms with Crippen LogP contribution >= 0.6 is 0 Å². The minimum atomic E-state index is 0.428. The van der Waals surface area contributed by atoms with Crippen LogP contribution in [0.15, 0.2) is 30.5 Å². The van der Waals surface area contributed by atoms with E-state index in [0.29, 0.717) is 12.0 Å². The van der Waals surface area contributed by atoms with Crippen molar-refractivity contribution in [3.05, 3.63) is 36.2 Å². The Hall–Kier alpha value is -2.43. The van der Waals surface area contributed by atoms with Gasteiger partial charge >= 0.3 is 0 Å². The van der Waals surface area contributed by atoms with E-state index in [-0.39, 0.29) is 0 Å². The van der Waals surface area contributed by atoms with Gasteiger partial charge in [0.15, 0.2) is 0 Å². The minimum Gasteiger partial charge on any atom is -0.351 e. The molecule has 3 fully saturated rings. The average molecular weight is 347 g/mol. The summed E-state index contributed by atoms with van der Waals surface area (Å²) >= 11 is 0. The third-order valence-corrected chi connectivity index (χ3v) is 6.20. The second kappa shape index (κ2) is 5.79. The molecule has 134 valence electrons. The number of benzene rings is 1. The van der Waals surface area contributed by atoms with Gasteiger partial charge in [0.2, 0.25) is 5.95 Å². The van der Waals surface area contributed by atoms with E-state index >= 15 is 0 Å². The summed E-state index contributed by atoms with van der Waals surface area (Å²) < 4.78 is 2.00. The Bertz CT molecular complexity index is 960. The van der Waals surface area contributed by atoms with Crippen LogP contribution in [0.25, 0.3) is 22.2 Å². The summed E-state index contributed by atoms with van der Waals surface area (Å²) in [5, 5.41) is 9.44. The monoisotopic (exact) mass is 347 g/mol. The summed E-state index contributed by atoms with van der Waals surface area (Å²) in [4.78, 5) is 9.26. The zero-order valence-corrected chi connectivity index (χ0v) is 15.6. The standard InChI is InChI=1S/C21H25N5/c1-12(2)20-16-11-13(6-7-18(16)25-26(20)3)17-8-9-22-21(23-17)24-19-14-4-5-15(19)10-14/h6-9,11-12,14-15,19H,4-5,10H2,1-3H3,(H,22,23,24)/t14-,15-/m1/s1. The highest BCUT2D eigenvalue weighted by atomic mass is 15.3. The highest BCUT2D eigenvalue weighted by Gasteiger charge is 2.46. The van der Waals surface area contributed by atoms with Gasteiger partial charge in [0.25, 0.3) is 0 Å². The lowest BCUT2D eigenvalue weighted by Gasteiger charge is -2.36. The Labute approximate surface area is 153 Å². The number of rotatable bonds is 4. The summed E-state index contributed by atoms with van der Waals surface area (Å²) in [6.45, 7) is 4.42. The van der Waals surface area contributed by atoms with Crippen molar-refractivity contribution < 1.29 is 0 Å². The molecular formula is C21H25N5. The Morgan fingerprint density at radius 3 is 2.69 bits per heavy atom. The van der Waals surface area contributed by atoms with E-state index in [9.17, 15) is 0 Å². The van der Waals surface area contributed by atoms with Gasteiger partial charge in [-0.1, -0.05) is 19.9 Å². The Balaban J connectivity index is 1.49. The van der Waals surface area contributed by atoms with Gasteiger partial charge in [0.05, 0.1) is 11.2 Å². The molecule has 0 radical (unpaired) electrons. The molecule has 3 aliphatic carbocycles. The number of fused-ring (bicyclic) bond motifs is 2. The summed E-state index contributed by atoms with van der Waals surface area (Å²) in [7, 11) is 2.02. The lowest BCUT2D eigenvalue weighted by atomic mass is 9.78. The fourth-order valence-corrected chi connectivity index (χ4v) is 4.93. The van der Waals surface area contributed by atoms with Gasteiger partial charge in [-0.05, 0) is 55.2 Å². The first kappa shape index (κ1) is 15.8. The van der Waals surface area contributed by atoms with Crippen molar-refractivity contribution in [3.63, 3.8) is 0 Å². The van der Waals surface area contributed by atoms with Crippen molar-refractivity contribution in [1.82, 2.24) is 19.7 Å². The average Bonchev–Trinajstić information content (AvgIpc) is 3.32. The van der Waals surface area contributed by atoms with Gasteiger partial charge in [-0.2, -0.15) is 5.10 Å². The predicted molar refractivity (Wildman–Crippen MR) is 104 cm³/mol. The highest BCUT2D eigenvalue weighted by molar-refractivity contribution is 5.86. The van der Waals surface area contributed by atoms with Crippen molar-refractivity contribution in [2.75, 3.05) is 5.32 Å². The van der Waals surface area contributed by atoms with Crippen molar-refractivity contribution >= 4 is 16.9 Å². The summed E-state index contributed by atoms with van der Waals surface area (Å²) in [6.07, 6.45) is 5.96. The van der Waals surface area contributed by atoms with E-state index in [1.54, 1.807) is 0 Å². The maximum atomic E-state index is 4.80. The fraction of sp³-hybridized carbons (Fsp3) is 0.476.